The highest BCUT2D eigenvalue weighted by molar-refractivity contribution is 7.17. The average molecular weight is 409 g/mol. The zero-order chi connectivity index (χ0) is 19.9. The van der Waals surface area contributed by atoms with E-state index in [0.717, 1.165) is 38.3 Å². The number of aromatic nitrogens is 4. The minimum Gasteiger partial charge on any atom is -0.289 e. The van der Waals surface area contributed by atoms with Crippen molar-refractivity contribution in [2.45, 2.75) is 0 Å². The Morgan fingerprint density at radius 2 is 1.67 bits per heavy atom. The Bertz CT molecular complexity index is 1520. The molecular formula is C23H17N6S+. The summed E-state index contributed by atoms with van der Waals surface area (Å²) in [6, 6.07) is 22.8. The van der Waals surface area contributed by atoms with Crippen molar-refractivity contribution in [1.82, 2.24) is 15.2 Å². The van der Waals surface area contributed by atoms with Crippen LogP contribution in [0.25, 0.3) is 31.9 Å². The van der Waals surface area contributed by atoms with Gasteiger partial charge in [0.1, 0.15) is 10.2 Å². The zero-order valence-electron chi connectivity index (χ0n) is 15.8. The number of thiophene rings is 1. The second-order valence-electron chi connectivity index (χ2n) is 7.08. The predicted molar refractivity (Wildman–Crippen MR) is 123 cm³/mol. The van der Waals surface area contributed by atoms with E-state index in [1.54, 1.807) is 11.3 Å². The molecule has 0 radical (unpaired) electrons. The Morgan fingerprint density at radius 3 is 2.63 bits per heavy atom. The molecule has 3 aromatic heterocycles. The molecule has 30 heavy (non-hydrogen) atoms. The first-order chi connectivity index (χ1) is 14.8. The SMILES string of the molecule is c1ccc2cc(Nc3nc4ccsc4c(Nc4ccc5[nH]ncc5c4)[nH+]3)ccc2c1. The Balaban J connectivity index is 1.38. The van der Waals surface area contributed by atoms with Crippen LogP contribution in [0.15, 0.2) is 78.3 Å². The zero-order valence-corrected chi connectivity index (χ0v) is 16.6. The molecule has 3 aromatic carbocycles. The van der Waals surface area contributed by atoms with Gasteiger partial charge < -0.3 is 0 Å². The number of nitrogens with one attached hydrogen (secondary N) is 4. The summed E-state index contributed by atoms with van der Waals surface area (Å²) in [7, 11) is 0. The number of fused-ring (bicyclic) bond motifs is 3. The number of aromatic amines is 2. The maximum Gasteiger partial charge on any atom is 0.350 e. The van der Waals surface area contributed by atoms with Gasteiger partial charge in [-0.3, -0.25) is 15.7 Å². The Morgan fingerprint density at radius 1 is 0.833 bits per heavy atom. The van der Waals surface area contributed by atoms with Gasteiger partial charge in [0.25, 0.3) is 0 Å². The molecule has 0 amide bonds. The maximum atomic E-state index is 4.74. The lowest BCUT2D eigenvalue weighted by Crippen LogP contribution is -2.17. The van der Waals surface area contributed by atoms with E-state index in [1.165, 1.54) is 10.8 Å². The topological polar surface area (TPSA) is 79.8 Å². The van der Waals surface area contributed by atoms with Crippen LogP contribution in [0, 0.1) is 0 Å². The fourth-order valence-electron chi connectivity index (χ4n) is 3.62. The molecule has 7 heteroatoms. The fraction of sp³-hybridized carbons (Fsp3) is 0. The van der Waals surface area contributed by atoms with Crippen molar-refractivity contribution >= 4 is 66.4 Å². The fourth-order valence-corrected chi connectivity index (χ4v) is 4.40. The second-order valence-corrected chi connectivity index (χ2v) is 8.00. The lowest BCUT2D eigenvalue weighted by Gasteiger charge is -2.06. The van der Waals surface area contributed by atoms with Crippen LogP contribution < -0.4 is 15.6 Å². The van der Waals surface area contributed by atoms with Crippen molar-refractivity contribution in [1.29, 1.82) is 0 Å². The molecule has 0 aliphatic carbocycles. The van der Waals surface area contributed by atoms with Gasteiger partial charge in [0.2, 0.25) is 5.82 Å². The van der Waals surface area contributed by atoms with Gasteiger partial charge in [0.05, 0.1) is 23.1 Å². The van der Waals surface area contributed by atoms with Crippen LogP contribution in [0.4, 0.5) is 23.1 Å². The summed E-state index contributed by atoms with van der Waals surface area (Å²) in [6.45, 7) is 0. The van der Waals surface area contributed by atoms with Crippen LogP contribution in [0.2, 0.25) is 0 Å². The molecular weight excluding hydrogens is 392 g/mol. The predicted octanol–water partition coefficient (Wildman–Crippen LogP) is 5.63. The molecule has 0 fully saturated rings. The van der Waals surface area contributed by atoms with E-state index in [2.05, 4.69) is 67.6 Å². The Hall–Kier alpha value is -3.97. The molecule has 0 saturated heterocycles. The first kappa shape index (κ1) is 16.9. The van der Waals surface area contributed by atoms with Crippen LogP contribution in [-0.4, -0.2) is 15.2 Å². The molecule has 6 aromatic rings. The molecule has 4 N–H and O–H groups in total. The Labute approximate surface area is 175 Å². The lowest BCUT2D eigenvalue weighted by atomic mass is 10.1. The van der Waals surface area contributed by atoms with Crippen molar-refractivity contribution < 1.29 is 4.98 Å². The van der Waals surface area contributed by atoms with Gasteiger partial charge in [-0.15, -0.1) is 16.3 Å². The summed E-state index contributed by atoms with van der Waals surface area (Å²) >= 11 is 1.65. The van der Waals surface area contributed by atoms with Crippen LogP contribution in [-0.2, 0) is 0 Å². The third-order valence-corrected chi connectivity index (χ3v) is 5.99. The van der Waals surface area contributed by atoms with E-state index < -0.39 is 0 Å². The minimum atomic E-state index is 0.683. The van der Waals surface area contributed by atoms with Gasteiger partial charge in [0, 0.05) is 5.39 Å². The summed E-state index contributed by atoms with van der Waals surface area (Å²) < 4.78 is 1.08. The average Bonchev–Trinajstić information content (AvgIpc) is 3.43. The highest BCUT2D eigenvalue weighted by Gasteiger charge is 2.15. The molecule has 0 unspecified atom stereocenters. The Kier molecular flexibility index (Phi) is 3.85. The number of rotatable bonds is 4. The molecule has 0 bridgehead atoms. The van der Waals surface area contributed by atoms with Gasteiger partial charge >= 0.3 is 5.95 Å². The first-order valence-electron chi connectivity index (χ1n) is 9.58. The maximum absolute atomic E-state index is 4.74. The summed E-state index contributed by atoms with van der Waals surface area (Å²) in [5, 5.41) is 19.5. The van der Waals surface area contributed by atoms with Crippen molar-refractivity contribution in [2.24, 2.45) is 0 Å². The van der Waals surface area contributed by atoms with E-state index in [4.69, 9.17) is 4.98 Å². The third-order valence-electron chi connectivity index (χ3n) is 5.07. The number of benzene rings is 3. The van der Waals surface area contributed by atoms with Crippen LogP contribution in [0.3, 0.4) is 0 Å². The van der Waals surface area contributed by atoms with Crippen molar-refractivity contribution in [3.8, 4) is 0 Å². The molecule has 0 atom stereocenters. The summed E-state index contributed by atoms with van der Waals surface area (Å²) in [4.78, 5) is 8.16. The normalized spacial score (nSPS) is 11.3. The molecule has 0 aliphatic heterocycles. The minimum absolute atomic E-state index is 0.683. The highest BCUT2D eigenvalue weighted by Crippen LogP contribution is 2.29. The van der Waals surface area contributed by atoms with Gasteiger partial charge in [0.15, 0.2) is 0 Å². The van der Waals surface area contributed by atoms with Gasteiger partial charge in [-0.1, -0.05) is 30.3 Å². The molecule has 6 nitrogen and oxygen atoms in total. The van der Waals surface area contributed by atoms with Gasteiger partial charge in [-0.2, -0.15) is 5.10 Å². The number of nitrogens with zero attached hydrogens (tertiary/aromatic N) is 2. The van der Waals surface area contributed by atoms with Crippen LogP contribution in [0.5, 0.6) is 0 Å². The van der Waals surface area contributed by atoms with Crippen LogP contribution in [0.1, 0.15) is 0 Å². The number of H-pyrrole nitrogens is 2. The van der Waals surface area contributed by atoms with Crippen molar-refractivity contribution in [3.63, 3.8) is 0 Å². The van der Waals surface area contributed by atoms with Gasteiger partial charge in [-0.05, 0) is 52.6 Å². The number of hydrogen-bond donors (Lipinski definition) is 3. The van der Waals surface area contributed by atoms with Crippen molar-refractivity contribution in [2.75, 3.05) is 10.6 Å². The smallest absolute Gasteiger partial charge is 0.289 e. The van der Waals surface area contributed by atoms with E-state index in [0.29, 0.717) is 5.95 Å². The largest absolute Gasteiger partial charge is 0.350 e. The molecule has 6 rings (SSSR count). The molecule has 144 valence electrons. The van der Waals surface area contributed by atoms with E-state index in [-0.39, 0.29) is 0 Å². The molecule has 0 aliphatic rings. The third kappa shape index (κ3) is 3.01. The summed E-state index contributed by atoms with van der Waals surface area (Å²) in [5.41, 5.74) is 3.92. The van der Waals surface area contributed by atoms with Crippen molar-refractivity contribution in [3.05, 3.63) is 78.3 Å². The number of anilines is 4. The standard InChI is InChI=1S/C23H16N6S/c1-2-4-15-11-18(6-5-14(15)3-1)26-23-27-20-9-10-30-21(20)22(28-23)25-17-7-8-19-16(12-17)13-24-29-19/h1-13H,(H,24,29)(H2,25,26,27,28)/p+1. The van der Waals surface area contributed by atoms with E-state index >= 15 is 0 Å². The van der Waals surface area contributed by atoms with E-state index in [1.807, 2.05) is 36.5 Å². The van der Waals surface area contributed by atoms with Gasteiger partial charge in [-0.25, -0.2) is 4.98 Å². The second kappa shape index (κ2) is 6.82. The highest BCUT2D eigenvalue weighted by atomic mass is 32.1. The first-order valence-corrected chi connectivity index (χ1v) is 10.5. The van der Waals surface area contributed by atoms with Crippen LogP contribution >= 0.6 is 11.3 Å². The molecule has 3 heterocycles. The van der Waals surface area contributed by atoms with E-state index in [9.17, 15) is 0 Å². The summed E-state index contributed by atoms with van der Waals surface area (Å²) in [6.07, 6.45) is 1.82. The molecule has 0 spiro atoms. The number of hydrogen-bond acceptors (Lipinski definition) is 5. The monoisotopic (exact) mass is 409 g/mol. The lowest BCUT2D eigenvalue weighted by molar-refractivity contribution is -0.345. The molecule has 0 saturated carbocycles. The summed E-state index contributed by atoms with van der Waals surface area (Å²) in [5.74, 6) is 1.59. The quantitative estimate of drug-likeness (QED) is 0.353.